The molecule has 0 saturated carbocycles. The van der Waals surface area contributed by atoms with Gasteiger partial charge in [-0.2, -0.15) is 21.6 Å². The molecule has 0 fully saturated rings. The Hall–Kier alpha value is -2.31. The third-order valence-corrected chi connectivity index (χ3v) is 3.22. The topological polar surface area (TPSA) is 138 Å². The molecule has 2 N–H and O–H groups in total. The molecular weight excluding hydrogens is 327 g/mol. The van der Waals surface area contributed by atoms with Crippen molar-refractivity contribution >= 4 is 28.1 Å². The van der Waals surface area contributed by atoms with Crippen molar-refractivity contribution in [3.63, 3.8) is 0 Å². The monoisotopic (exact) mass is 333 g/mol. The first-order valence-corrected chi connectivity index (χ1v) is 6.28. The number of rotatable bonds is 3. The van der Waals surface area contributed by atoms with Gasteiger partial charge in [-0.3, -0.25) is 4.79 Å². The van der Waals surface area contributed by atoms with E-state index in [1.807, 2.05) is 0 Å². The molecular formula is C8H6F3NO8S. The van der Waals surface area contributed by atoms with Crippen LogP contribution in [-0.4, -0.2) is 53.1 Å². The maximum atomic E-state index is 12.1. The predicted molar refractivity (Wildman–Crippen MR) is 55.1 cm³/mol. The Morgan fingerprint density at radius 2 is 1.86 bits per heavy atom. The molecule has 21 heavy (non-hydrogen) atoms. The van der Waals surface area contributed by atoms with E-state index in [2.05, 4.69) is 4.18 Å². The molecule has 0 spiro atoms. The Balaban J connectivity index is 3.13. The Labute approximate surface area is 114 Å². The summed E-state index contributed by atoms with van der Waals surface area (Å²) in [5.41, 5.74) is -5.78. The minimum atomic E-state index is -6.09. The molecule has 0 aliphatic carbocycles. The Morgan fingerprint density at radius 1 is 1.33 bits per heavy atom. The van der Waals surface area contributed by atoms with Crippen LogP contribution in [0.25, 0.3) is 0 Å². The SMILES string of the molecule is O=C(O)C1CC(OS(=O)(=O)C(F)(F)F)=CC(=O)N1C(=O)O. The summed E-state index contributed by atoms with van der Waals surface area (Å²) in [5.74, 6) is -4.51. The van der Waals surface area contributed by atoms with E-state index >= 15 is 0 Å². The number of carboxylic acids is 1. The maximum Gasteiger partial charge on any atom is 0.534 e. The molecule has 1 atom stereocenters. The lowest BCUT2D eigenvalue weighted by molar-refractivity contribution is -0.147. The minimum absolute atomic E-state index is 0.164. The first-order valence-electron chi connectivity index (χ1n) is 4.87. The van der Waals surface area contributed by atoms with Gasteiger partial charge in [-0.15, -0.1) is 0 Å². The second-order valence-corrected chi connectivity index (χ2v) is 5.18. The second-order valence-electron chi connectivity index (χ2n) is 3.64. The Kier molecular flexibility index (Phi) is 4.17. The van der Waals surface area contributed by atoms with Gasteiger partial charge in [-0.1, -0.05) is 0 Å². The molecule has 1 unspecified atom stereocenters. The molecule has 1 rings (SSSR count). The van der Waals surface area contributed by atoms with Gasteiger partial charge in [-0.05, 0) is 0 Å². The summed E-state index contributed by atoms with van der Waals surface area (Å²) in [4.78, 5) is 32.7. The molecule has 1 heterocycles. The van der Waals surface area contributed by atoms with Crippen molar-refractivity contribution in [1.29, 1.82) is 0 Å². The average molecular weight is 333 g/mol. The first kappa shape index (κ1) is 16.7. The number of imide groups is 1. The van der Waals surface area contributed by atoms with Gasteiger partial charge in [0.25, 0.3) is 5.91 Å². The minimum Gasteiger partial charge on any atom is -0.480 e. The molecule has 1 aliphatic heterocycles. The summed E-state index contributed by atoms with van der Waals surface area (Å²) in [5, 5.41) is 17.4. The van der Waals surface area contributed by atoms with Gasteiger partial charge in [0, 0.05) is 12.5 Å². The standard InChI is InChI=1S/C8H6F3NO8S/c9-8(10,11)21(18,19)20-3-1-4(6(14)15)12(7(16)17)5(13)2-3/h2,4H,1H2,(H,14,15)(H,16,17). The summed E-state index contributed by atoms with van der Waals surface area (Å²) in [6, 6.07) is -2.10. The zero-order valence-corrected chi connectivity index (χ0v) is 10.5. The number of aliphatic carboxylic acids is 1. The van der Waals surface area contributed by atoms with E-state index in [9.17, 15) is 36.0 Å². The van der Waals surface area contributed by atoms with Gasteiger partial charge in [0.2, 0.25) is 0 Å². The van der Waals surface area contributed by atoms with Crippen molar-refractivity contribution in [1.82, 2.24) is 4.90 Å². The number of hydrogen-bond acceptors (Lipinski definition) is 6. The van der Waals surface area contributed by atoms with E-state index in [1.165, 1.54) is 0 Å². The van der Waals surface area contributed by atoms with Crippen molar-refractivity contribution in [2.45, 2.75) is 18.0 Å². The lowest BCUT2D eigenvalue weighted by atomic mass is 10.1. The lowest BCUT2D eigenvalue weighted by Crippen LogP contribution is -2.50. The molecule has 0 aromatic rings. The molecule has 9 nitrogen and oxygen atoms in total. The highest BCUT2D eigenvalue weighted by Gasteiger charge is 2.50. The van der Waals surface area contributed by atoms with Crippen LogP contribution in [-0.2, 0) is 23.9 Å². The van der Waals surface area contributed by atoms with E-state index < -0.39 is 51.8 Å². The fraction of sp³-hybridized carbons (Fsp3) is 0.375. The first-order chi connectivity index (χ1) is 9.36. The van der Waals surface area contributed by atoms with Crippen molar-refractivity contribution in [2.24, 2.45) is 0 Å². The summed E-state index contributed by atoms with van der Waals surface area (Å²) in [6.07, 6.45) is -2.85. The van der Waals surface area contributed by atoms with Gasteiger partial charge < -0.3 is 14.4 Å². The normalized spacial score (nSPS) is 20.0. The summed E-state index contributed by atoms with van der Waals surface area (Å²) < 4.78 is 61.4. The molecule has 0 bridgehead atoms. The zero-order chi connectivity index (χ0) is 16.6. The quantitative estimate of drug-likeness (QED) is 0.548. The number of nitrogens with zero attached hydrogens (tertiary/aromatic N) is 1. The molecule has 13 heteroatoms. The van der Waals surface area contributed by atoms with E-state index in [0.717, 1.165) is 0 Å². The summed E-state index contributed by atoms with van der Waals surface area (Å²) >= 11 is 0. The number of alkyl halides is 3. The van der Waals surface area contributed by atoms with Crippen molar-refractivity contribution in [3.05, 3.63) is 11.8 Å². The number of halogens is 3. The Morgan fingerprint density at radius 3 is 2.24 bits per heavy atom. The van der Waals surface area contributed by atoms with Crippen molar-refractivity contribution in [2.75, 3.05) is 0 Å². The van der Waals surface area contributed by atoms with Crippen LogP contribution in [0.4, 0.5) is 18.0 Å². The maximum absolute atomic E-state index is 12.1. The van der Waals surface area contributed by atoms with Crippen LogP contribution in [0.2, 0.25) is 0 Å². The summed E-state index contributed by atoms with van der Waals surface area (Å²) in [6.45, 7) is 0. The number of carboxylic acid groups (broad SMARTS) is 2. The second kappa shape index (κ2) is 5.23. The highest BCUT2D eigenvalue weighted by molar-refractivity contribution is 7.87. The number of hydrogen-bond donors (Lipinski definition) is 2. The van der Waals surface area contributed by atoms with E-state index in [-0.39, 0.29) is 11.0 Å². The van der Waals surface area contributed by atoms with E-state index in [4.69, 9.17) is 10.2 Å². The van der Waals surface area contributed by atoms with E-state index in [1.54, 1.807) is 0 Å². The van der Waals surface area contributed by atoms with E-state index in [0.29, 0.717) is 0 Å². The largest absolute Gasteiger partial charge is 0.534 e. The van der Waals surface area contributed by atoms with Gasteiger partial charge in [0.05, 0.1) is 0 Å². The van der Waals surface area contributed by atoms with Crippen LogP contribution >= 0.6 is 0 Å². The Bertz CT molecular complexity index is 622. The van der Waals surface area contributed by atoms with Crippen LogP contribution in [0.1, 0.15) is 6.42 Å². The smallest absolute Gasteiger partial charge is 0.480 e. The van der Waals surface area contributed by atoms with Crippen LogP contribution in [0.3, 0.4) is 0 Å². The molecule has 1 aliphatic rings. The molecule has 0 saturated heterocycles. The zero-order valence-electron chi connectivity index (χ0n) is 9.70. The lowest BCUT2D eigenvalue weighted by Gasteiger charge is -2.27. The van der Waals surface area contributed by atoms with Gasteiger partial charge >= 0.3 is 27.7 Å². The highest BCUT2D eigenvalue weighted by Crippen LogP contribution is 2.29. The van der Waals surface area contributed by atoms with Crippen LogP contribution < -0.4 is 0 Å². The van der Waals surface area contributed by atoms with Gasteiger partial charge in [0.15, 0.2) is 0 Å². The average Bonchev–Trinajstić information content (AvgIpc) is 2.24. The van der Waals surface area contributed by atoms with Crippen LogP contribution in [0.5, 0.6) is 0 Å². The number of carbonyl (C=O) groups is 3. The van der Waals surface area contributed by atoms with Crippen molar-refractivity contribution < 1.29 is 50.4 Å². The number of amides is 2. The van der Waals surface area contributed by atoms with Crippen LogP contribution in [0, 0.1) is 0 Å². The highest BCUT2D eigenvalue weighted by atomic mass is 32.2. The summed E-state index contributed by atoms with van der Waals surface area (Å²) in [7, 11) is -6.09. The molecule has 0 aromatic heterocycles. The fourth-order valence-electron chi connectivity index (χ4n) is 1.37. The van der Waals surface area contributed by atoms with Crippen molar-refractivity contribution in [3.8, 4) is 0 Å². The third-order valence-electron chi connectivity index (χ3n) is 2.22. The molecule has 2 amide bonds. The predicted octanol–water partition coefficient (Wildman–Crippen LogP) is 0.100. The van der Waals surface area contributed by atoms with Crippen LogP contribution in [0.15, 0.2) is 11.8 Å². The molecule has 0 radical (unpaired) electrons. The molecule has 118 valence electrons. The molecule has 0 aromatic carbocycles. The fourth-order valence-corrected chi connectivity index (χ4v) is 1.87. The van der Waals surface area contributed by atoms with Gasteiger partial charge in [0.1, 0.15) is 11.8 Å². The third kappa shape index (κ3) is 3.42. The number of carbonyl (C=O) groups excluding carboxylic acids is 1. The van der Waals surface area contributed by atoms with Gasteiger partial charge in [-0.25, -0.2) is 14.5 Å².